The lowest BCUT2D eigenvalue weighted by molar-refractivity contribution is -0.138. The zero-order valence-corrected chi connectivity index (χ0v) is 13.2. The monoisotopic (exact) mass is 343 g/mol. The predicted molar refractivity (Wildman–Crippen MR) is 81.7 cm³/mol. The Morgan fingerprint density at radius 2 is 1.79 bits per heavy atom. The minimum absolute atomic E-state index is 0.00658. The maximum atomic E-state index is 12.9. The van der Waals surface area contributed by atoms with Crippen LogP contribution in [-0.2, 0) is 21.3 Å². The Hall–Kier alpha value is -2.09. The second-order valence-corrected chi connectivity index (χ2v) is 6.08. The van der Waals surface area contributed by atoms with E-state index < -0.39 is 23.2 Å². The van der Waals surface area contributed by atoms with E-state index in [0.29, 0.717) is 25.9 Å². The molecule has 1 unspecified atom stereocenters. The first-order valence-corrected chi connectivity index (χ1v) is 7.65. The van der Waals surface area contributed by atoms with Crippen molar-refractivity contribution in [3.05, 3.63) is 35.4 Å². The lowest BCUT2D eigenvalue weighted by Gasteiger charge is -2.31. The number of nitrogens with one attached hydrogen (secondary N) is 2. The maximum absolute atomic E-state index is 12.9. The molecule has 0 aromatic heterocycles. The molecule has 4 N–H and O–H groups in total. The highest BCUT2D eigenvalue weighted by molar-refractivity contribution is 5.91. The molecular weight excluding hydrogens is 323 g/mol. The zero-order chi connectivity index (χ0) is 18.0. The van der Waals surface area contributed by atoms with Gasteiger partial charge in [-0.05, 0) is 50.6 Å². The summed E-state index contributed by atoms with van der Waals surface area (Å²) in [5.74, 6) is -1.59. The van der Waals surface area contributed by atoms with Gasteiger partial charge in [0.15, 0.2) is 0 Å². The smallest absolute Gasteiger partial charge is 0.367 e. The van der Waals surface area contributed by atoms with Crippen LogP contribution in [0.2, 0.25) is 0 Å². The van der Waals surface area contributed by atoms with Gasteiger partial charge in [0.05, 0.1) is 5.56 Å². The van der Waals surface area contributed by atoms with Crippen molar-refractivity contribution in [1.82, 2.24) is 10.6 Å². The van der Waals surface area contributed by atoms with Gasteiger partial charge in [0.25, 0.3) is 0 Å². The molecule has 24 heavy (non-hydrogen) atoms. The molecule has 1 heterocycles. The summed E-state index contributed by atoms with van der Waals surface area (Å²) in [5.41, 5.74) is 2.79. The predicted octanol–water partition coefficient (Wildman–Crippen LogP) is 1.52. The van der Waals surface area contributed by atoms with Crippen LogP contribution in [0.1, 0.15) is 30.9 Å². The number of piperidine rings is 1. The van der Waals surface area contributed by atoms with Crippen molar-refractivity contribution in [2.75, 3.05) is 13.1 Å². The van der Waals surface area contributed by atoms with Crippen LogP contribution in [0, 0.1) is 5.92 Å². The van der Waals surface area contributed by atoms with E-state index in [4.69, 9.17) is 5.73 Å². The van der Waals surface area contributed by atoms with E-state index in [-0.39, 0.29) is 17.4 Å². The average molecular weight is 343 g/mol. The van der Waals surface area contributed by atoms with E-state index in [0.717, 1.165) is 12.1 Å². The van der Waals surface area contributed by atoms with E-state index in [9.17, 15) is 22.8 Å². The summed E-state index contributed by atoms with van der Waals surface area (Å²) in [4.78, 5) is 24.3. The Morgan fingerprint density at radius 1 is 1.21 bits per heavy atom. The molecule has 1 atom stereocenters. The molecular formula is C16H20F3N3O2. The molecule has 132 valence electrons. The number of alkyl halides is 3. The summed E-state index contributed by atoms with van der Waals surface area (Å²) >= 11 is 0. The number of amides is 2. The van der Waals surface area contributed by atoms with Gasteiger partial charge >= 0.3 is 6.18 Å². The molecule has 1 fully saturated rings. The Balaban J connectivity index is 2.30. The van der Waals surface area contributed by atoms with Crippen LogP contribution in [-0.4, -0.2) is 24.9 Å². The summed E-state index contributed by atoms with van der Waals surface area (Å²) in [6.07, 6.45) is -3.35. The Kier molecular flexibility index (Phi) is 5.17. The number of halogens is 3. The van der Waals surface area contributed by atoms with Gasteiger partial charge in [-0.15, -0.1) is 0 Å². The van der Waals surface area contributed by atoms with Gasteiger partial charge in [0.1, 0.15) is 5.54 Å². The largest absolute Gasteiger partial charge is 0.416 e. The third kappa shape index (κ3) is 3.87. The van der Waals surface area contributed by atoms with Gasteiger partial charge < -0.3 is 16.4 Å². The normalized spacial score (nSPS) is 18.7. The van der Waals surface area contributed by atoms with Gasteiger partial charge in [-0.1, -0.05) is 12.1 Å². The highest BCUT2D eigenvalue weighted by Gasteiger charge is 2.39. The fourth-order valence-electron chi connectivity index (χ4n) is 2.72. The fraction of sp³-hybridized carbons (Fsp3) is 0.500. The number of benzene rings is 1. The molecule has 1 aromatic rings. The quantitative estimate of drug-likeness (QED) is 0.775. The van der Waals surface area contributed by atoms with Crippen molar-refractivity contribution >= 4 is 11.8 Å². The lowest BCUT2D eigenvalue weighted by Crippen LogP contribution is -2.55. The second-order valence-electron chi connectivity index (χ2n) is 6.08. The van der Waals surface area contributed by atoms with Crippen molar-refractivity contribution < 1.29 is 22.8 Å². The molecule has 1 aliphatic heterocycles. The van der Waals surface area contributed by atoms with E-state index >= 15 is 0 Å². The molecule has 1 saturated heterocycles. The fourth-order valence-corrected chi connectivity index (χ4v) is 2.72. The first kappa shape index (κ1) is 18.3. The second kappa shape index (κ2) is 6.80. The zero-order valence-electron chi connectivity index (χ0n) is 13.2. The molecule has 0 aliphatic carbocycles. The van der Waals surface area contributed by atoms with Crippen LogP contribution >= 0.6 is 0 Å². The number of carbonyl (C=O) groups is 2. The summed E-state index contributed by atoms with van der Waals surface area (Å²) in [6.45, 7) is 2.67. The first-order chi connectivity index (χ1) is 11.1. The van der Waals surface area contributed by atoms with E-state index in [1.54, 1.807) is 0 Å². The molecule has 0 bridgehead atoms. The molecule has 1 aliphatic rings. The third-order valence-corrected chi connectivity index (χ3v) is 4.34. The number of rotatable bonds is 4. The molecule has 2 amide bonds. The topological polar surface area (TPSA) is 84.2 Å². The van der Waals surface area contributed by atoms with E-state index in [1.807, 2.05) is 0 Å². The highest BCUT2D eigenvalue weighted by atomic mass is 19.4. The summed E-state index contributed by atoms with van der Waals surface area (Å²) in [5, 5.41) is 5.66. The van der Waals surface area contributed by atoms with Crippen LogP contribution in [0.15, 0.2) is 24.3 Å². The molecule has 8 heteroatoms. The van der Waals surface area contributed by atoms with Crippen molar-refractivity contribution in [1.29, 1.82) is 0 Å². The summed E-state index contributed by atoms with van der Waals surface area (Å²) in [7, 11) is 0. The highest BCUT2D eigenvalue weighted by Crippen LogP contribution is 2.32. The Bertz CT molecular complexity index is 627. The van der Waals surface area contributed by atoms with Crippen molar-refractivity contribution in [3.63, 3.8) is 0 Å². The van der Waals surface area contributed by atoms with E-state index in [2.05, 4.69) is 10.6 Å². The van der Waals surface area contributed by atoms with Crippen LogP contribution in [0.25, 0.3) is 0 Å². The number of carbonyl (C=O) groups excluding carboxylic acids is 2. The van der Waals surface area contributed by atoms with E-state index in [1.165, 1.54) is 19.1 Å². The standard InChI is InChI=1S/C16H20F3N3O2/c1-15(14(20)24,22-13(23)10-5-7-21-8-6-10)11-3-2-4-12(9-11)16(17,18)19/h2-4,9-10,21H,5-8H2,1H3,(H2,20,24)(H,22,23). The van der Waals surface area contributed by atoms with Crippen LogP contribution in [0.5, 0.6) is 0 Å². The lowest BCUT2D eigenvalue weighted by atomic mass is 9.88. The van der Waals surface area contributed by atoms with Gasteiger partial charge in [-0.25, -0.2) is 0 Å². The Morgan fingerprint density at radius 3 is 2.33 bits per heavy atom. The number of primary amides is 1. The molecule has 5 nitrogen and oxygen atoms in total. The number of nitrogens with two attached hydrogens (primary N) is 1. The average Bonchev–Trinajstić information content (AvgIpc) is 2.54. The van der Waals surface area contributed by atoms with Gasteiger partial charge in [-0.3, -0.25) is 9.59 Å². The van der Waals surface area contributed by atoms with Gasteiger partial charge in [0.2, 0.25) is 11.8 Å². The van der Waals surface area contributed by atoms with Crippen LogP contribution in [0.3, 0.4) is 0 Å². The molecule has 2 rings (SSSR count). The molecule has 0 saturated carbocycles. The minimum Gasteiger partial charge on any atom is -0.367 e. The maximum Gasteiger partial charge on any atom is 0.416 e. The number of hydrogen-bond acceptors (Lipinski definition) is 3. The van der Waals surface area contributed by atoms with Crippen molar-refractivity contribution in [2.45, 2.75) is 31.5 Å². The van der Waals surface area contributed by atoms with Crippen molar-refractivity contribution in [2.24, 2.45) is 11.7 Å². The third-order valence-electron chi connectivity index (χ3n) is 4.34. The summed E-state index contributed by atoms with van der Waals surface area (Å²) in [6, 6.07) is 4.28. The van der Waals surface area contributed by atoms with Gasteiger partial charge in [0, 0.05) is 5.92 Å². The first-order valence-electron chi connectivity index (χ1n) is 7.65. The Labute approximate surface area is 137 Å². The molecule has 0 radical (unpaired) electrons. The van der Waals surface area contributed by atoms with Gasteiger partial charge in [-0.2, -0.15) is 13.2 Å². The number of hydrogen-bond donors (Lipinski definition) is 3. The van der Waals surface area contributed by atoms with Crippen LogP contribution < -0.4 is 16.4 Å². The molecule has 0 spiro atoms. The van der Waals surface area contributed by atoms with Crippen LogP contribution in [0.4, 0.5) is 13.2 Å². The van der Waals surface area contributed by atoms with Crippen molar-refractivity contribution in [3.8, 4) is 0 Å². The minimum atomic E-state index is -4.55. The summed E-state index contributed by atoms with van der Waals surface area (Å²) < 4.78 is 38.7. The SMILES string of the molecule is CC(NC(=O)C1CCNCC1)(C(N)=O)c1cccc(C(F)(F)F)c1. The molecule has 1 aromatic carbocycles.